The van der Waals surface area contributed by atoms with Crippen LogP contribution in [-0.4, -0.2) is 17.9 Å². The predicted molar refractivity (Wildman–Crippen MR) is 92.2 cm³/mol. The van der Waals surface area contributed by atoms with Crippen LogP contribution in [-0.2, 0) is 14.3 Å². The van der Waals surface area contributed by atoms with Crippen molar-refractivity contribution in [3.63, 3.8) is 0 Å². The molecule has 24 heavy (non-hydrogen) atoms. The smallest absolute Gasteiger partial charge is 0.303 e. The largest absolute Gasteiger partial charge is 0.455 e. The standard InChI is InChI=1S/C21H30O3/c1-13(22)24-18-12-17-15-8-7-14-6-4-5-10-20(14,2)16(15)9-11-21(17,3)19(18)23/h4-5,14-18H,6-12H2,1-3H3/t14?,15?,16?,17?,18-,20?,21?/m1/s1. The molecule has 0 aliphatic heterocycles. The normalized spacial score (nSPS) is 50.0. The van der Waals surface area contributed by atoms with Gasteiger partial charge in [0.15, 0.2) is 11.9 Å². The minimum atomic E-state index is -0.493. The lowest BCUT2D eigenvalue weighted by Gasteiger charge is -2.58. The highest BCUT2D eigenvalue weighted by Crippen LogP contribution is 2.65. The number of hydrogen-bond donors (Lipinski definition) is 0. The van der Waals surface area contributed by atoms with Gasteiger partial charge in [-0.3, -0.25) is 9.59 Å². The van der Waals surface area contributed by atoms with E-state index in [0.29, 0.717) is 17.3 Å². The van der Waals surface area contributed by atoms with Gasteiger partial charge in [-0.2, -0.15) is 0 Å². The molecule has 0 aromatic carbocycles. The molecule has 4 aliphatic rings. The lowest BCUT2D eigenvalue weighted by molar-refractivity contribution is -0.154. The second-order valence-corrected chi connectivity index (χ2v) is 9.22. The molecule has 0 saturated heterocycles. The Labute approximate surface area is 145 Å². The molecular formula is C21H30O3. The fraction of sp³-hybridized carbons (Fsp3) is 0.810. The van der Waals surface area contributed by atoms with Gasteiger partial charge in [-0.25, -0.2) is 0 Å². The van der Waals surface area contributed by atoms with Crippen LogP contribution in [0.3, 0.4) is 0 Å². The Kier molecular flexibility index (Phi) is 3.71. The third-order valence-electron chi connectivity index (χ3n) is 8.23. The number of ketones is 1. The summed E-state index contributed by atoms with van der Waals surface area (Å²) in [7, 11) is 0. The summed E-state index contributed by atoms with van der Waals surface area (Å²) < 4.78 is 5.39. The number of Topliss-reactive ketones (excluding diaryl/α,β-unsaturated/α-hetero) is 1. The zero-order valence-corrected chi connectivity index (χ0v) is 15.2. The van der Waals surface area contributed by atoms with Crippen molar-refractivity contribution in [1.82, 2.24) is 0 Å². The van der Waals surface area contributed by atoms with Crippen LogP contribution in [0, 0.1) is 34.5 Å². The number of fused-ring (bicyclic) bond motifs is 5. The summed E-state index contributed by atoms with van der Waals surface area (Å²) in [4.78, 5) is 24.3. The monoisotopic (exact) mass is 330 g/mol. The quantitative estimate of drug-likeness (QED) is 0.531. The van der Waals surface area contributed by atoms with Gasteiger partial charge in [0.05, 0.1) is 0 Å². The van der Waals surface area contributed by atoms with E-state index in [4.69, 9.17) is 4.74 Å². The van der Waals surface area contributed by atoms with E-state index in [2.05, 4.69) is 26.0 Å². The summed E-state index contributed by atoms with van der Waals surface area (Å²) in [6, 6.07) is 0. The van der Waals surface area contributed by atoms with Crippen LogP contribution in [0.2, 0.25) is 0 Å². The molecule has 0 aromatic rings. The highest BCUT2D eigenvalue weighted by molar-refractivity contribution is 5.92. The fourth-order valence-electron chi connectivity index (χ4n) is 6.91. The highest BCUT2D eigenvalue weighted by Gasteiger charge is 2.62. The van der Waals surface area contributed by atoms with Gasteiger partial charge < -0.3 is 4.74 Å². The Morgan fingerprint density at radius 1 is 1.17 bits per heavy atom. The van der Waals surface area contributed by atoms with Crippen molar-refractivity contribution in [3.8, 4) is 0 Å². The van der Waals surface area contributed by atoms with Gasteiger partial charge >= 0.3 is 5.97 Å². The molecule has 3 fully saturated rings. The number of ether oxygens (including phenoxy) is 1. The van der Waals surface area contributed by atoms with E-state index < -0.39 is 6.10 Å². The maximum Gasteiger partial charge on any atom is 0.303 e. The number of carbonyl (C=O) groups is 2. The Hall–Kier alpha value is -1.12. The topological polar surface area (TPSA) is 43.4 Å². The van der Waals surface area contributed by atoms with Crippen LogP contribution >= 0.6 is 0 Å². The minimum Gasteiger partial charge on any atom is -0.455 e. The van der Waals surface area contributed by atoms with Crippen molar-refractivity contribution in [1.29, 1.82) is 0 Å². The highest BCUT2D eigenvalue weighted by atomic mass is 16.5. The first-order valence-electron chi connectivity index (χ1n) is 9.73. The Bertz CT molecular complexity index is 594. The minimum absolute atomic E-state index is 0.192. The molecule has 132 valence electrons. The Morgan fingerprint density at radius 3 is 2.71 bits per heavy atom. The molecule has 0 spiro atoms. The van der Waals surface area contributed by atoms with Crippen LogP contribution in [0.15, 0.2) is 12.2 Å². The lowest BCUT2D eigenvalue weighted by Crippen LogP contribution is -2.52. The van der Waals surface area contributed by atoms with Crippen LogP contribution in [0.5, 0.6) is 0 Å². The fourth-order valence-corrected chi connectivity index (χ4v) is 6.91. The van der Waals surface area contributed by atoms with Gasteiger partial charge in [0.2, 0.25) is 0 Å². The molecule has 6 unspecified atom stereocenters. The zero-order valence-electron chi connectivity index (χ0n) is 15.2. The van der Waals surface area contributed by atoms with E-state index >= 15 is 0 Å². The third kappa shape index (κ3) is 2.16. The molecule has 7 atom stereocenters. The Balaban J connectivity index is 1.63. The zero-order chi connectivity index (χ0) is 17.1. The van der Waals surface area contributed by atoms with Gasteiger partial charge in [0.1, 0.15) is 0 Å². The van der Waals surface area contributed by atoms with Crippen LogP contribution in [0.1, 0.15) is 65.7 Å². The molecule has 0 bridgehead atoms. The van der Waals surface area contributed by atoms with Crippen LogP contribution < -0.4 is 0 Å². The third-order valence-corrected chi connectivity index (χ3v) is 8.23. The van der Waals surface area contributed by atoms with Gasteiger partial charge in [-0.15, -0.1) is 0 Å². The maximum absolute atomic E-state index is 12.9. The molecule has 3 heteroatoms. The first-order chi connectivity index (χ1) is 11.4. The molecule has 0 amide bonds. The predicted octanol–water partition coefficient (Wildman–Crippen LogP) is 4.31. The summed E-state index contributed by atoms with van der Waals surface area (Å²) in [6.07, 6.45) is 12.1. The van der Waals surface area contributed by atoms with Crippen molar-refractivity contribution in [2.24, 2.45) is 34.5 Å². The average Bonchev–Trinajstić information content (AvgIpc) is 2.78. The number of hydrogen-bond acceptors (Lipinski definition) is 3. The maximum atomic E-state index is 12.9. The van der Waals surface area contributed by atoms with Crippen molar-refractivity contribution in [2.45, 2.75) is 71.8 Å². The molecule has 0 aromatic heterocycles. The van der Waals surface area contributed by atoms with Crippen molar-refractivity contribution in [2.75, 3.05) is 0 Å². The molecule has 0 radical (unpaired) electrons. The van der Waals surface area contributed by atoms with Crippen molar-refractivity contribution >= 4 is 11.8 Å². The SMILES string of the molecule is CC(=O)O[C@@H]1CC2C3CCC4CC=CCC4(C)C3CCC2(C)C1=O. The lowest BCUT2D eigenvalue weighted by atomic mass is 9.46. The first kappa shape index (κ1) is 16.4. The van der Waals surface area contributed by atoms with E-state index in [9.17, 15) is 9.59 Å². The van der Waals surface area contributed by atoms with E-state index in [1.54, 1.807) is 0 Å². The molecule has 4 aliphatic carbocycles. The van der Waals surface area contributed by atoms with Gasteiger partial charge in [-0.1, -0.05) is 26.0 Å². The van der Waals surface area contributed by atoms with E-state index in [1.165, 1.54) is 32.6 Å². The van der Waals surface area contributed by atoms with Gasteiger partial charge in [-0.05, 0) is 74.0 Å². The Morgan fingerprint density at radius 2 is 1.96 bits per heavy atom. The second-order valence-electron chi connectivity index (χ2n) is 9.22. The van der Waals surface area contributed by atoms with Crippen LogP contribution in [0.4, 0.5) is 0 Å². The first-order valence-corrected chi connectivity index (χ1v) is 9.73. The summed E-state index contributed by atoms with van der Waals surface area (Å²) in [5.74, 6) is 2.44. The van der Waals surface area contributed by atoms with E-state index in [0.717, 1.165) is 31.1 Å². The van der Waals surface area contributed by atoms with Gasteiger partial charge in [0, 0.05) is 12.3 Å². The summed E-state index contributed by atoms with van der Waals surface area (Å²) in [6.45, 7) is 6.07. The average molecular weight is 330 g/mol. The number of allylic oxidation sites excluding steroid dienone is 2. The van der Waals surface area contributed by atoms with Crippen LogP contribution in [0.25, 0.3) is 0 Å². The molecule has 0 heterocycles. The molecular weight excluding hydrogens is 300 g/mol. The molecule has 4 rings (SSSR count). The van der Waals surface area contributed by atoms with E-state index in [-0.39, 0.29) is 17.2 Å². The molecule has 0 N–H and O–H groups in total. The van der Waals surface area contributed by atoms with Crippen molar-refractivity contribution in [3.05, 3.63) is 12.2 Å². The second kappa shape index (κ2) is 5.44. The summed E-state index contributed by atoms with van der Waals surface area (Å²) >= 11 is 0. The van der Waals surface area contributed by atoms with Gasteiger partial charge in [0.25, 0.3) is 0 Å². The number of rotatable bonds is 1. The summed E-state index contributed by atoms with van der Waals surface area (Å²) in [5, 5.41) is 0. The van der Waals surface area contributed by atoms with E-state index in [1.807, 2.05) is 0 Å². The van der Waals surface area contributed by atoms with Crippen molar-refractivity contribution < 1.29 is 14.3 Å². The molecule has 3 saturated carbocycles. The number of carbonyl (C=O) groups excluding carboxylic acids is 2. The number of esters is 1. The summed E-state index contributed by atoms with van der Waals surface area (Å²) in [5.41, 5.74) is 0.135. The molecule has 3 nitrogen and oxygen atoms in total.